The summed E-state index contributed by atoms with van der Waals surface area (Å²) in [6.45, 7) is 0. The molecular formula is C5H2Cl5N3. The molecule has 8 heteroatoms. The minimum Gasteiger partial charge on any atom is -0.382 e. The minimum absolute atomic E-state index is 0.00981. The molecule has 0 atom stereocenters. The van der Waals surface area contributed by atoms with E-state index in [0.29, 0.717) is 0 Å². The van der Waals surface area contributed by atoms with Gasteiger partial charge in [-0.15, -0.1) is 0 Å². The van der Waals surface area contributed by atoms with Crippen LogP contribution in [0.15, 0.2) is 0 Å². The number of nitrogen functional groups attached to an aromatic ring is 1. The van der Waals surface area contributed by atoms with Gasteiger partial charge in [0.1, 0.15) is 16.5 Å². The van der Waals surface area contributed by atoms with Crippen molar-refractivity contribution in [3.8, 4) is 0 Å². The summed E-state index contributed by atoms with van der Waals surface area (Å²) in [6.07, 6.45) is 0. The van der Waals surface area contributed by atoms with Gasteiger partial charge < -0.3 is 5.73 Å². The van der Waals surface area contributed by atoms with Crippen LogP contribution in [-0.4, -0.2) is 9.97 Å². The van der Waals surface area contributed by atoms with Crippen molar-refractivity contribution in [3.05, 3.63) is 16.0 Å². The van der Waals surface area contributed by atoms with Crippen LogP contribution >= 0.6 is 58.0 Å². The maximum Gasteiger partial charge on any atom is 0.234 e. The number of nitrogens with zero attached hydrogens (tertiary/aromatic N) is 2. The fourth-order valence-electron chi connectivity index (χ4n) is 0.624. The molecule has 1 aromatic rings. The highest BCUT2D eigenvalue weighted by Crippen LogP contribution is 2.42. The topological polar surface area (TPSA) is 51.8 Å². The number of hydrogen-bond donors (Lipinski definition) is 1. The Balaban J connectivity index is 3.37. The van der Waals surface area contributed by atoms with Crippen LogP contribution < -0.4 is 5.73 Å². The lowest BCUT2D eigenvalue weighted by atomic mass is 10.4. The minimum atomic E-state index is -1.77. The molecule has 0 amide bonds. The van der Waals surface area contributed by atoms with Crippen LogP contribution in [0, 0.1) is 0 Å². The van der Waals surface area contributed by atoms with Crippen molar-refractivity contribution < 1.29 is 0 Å². The van der Waals surface area contributed by atoms with Gasteiger partial charge in [-0.2, -0.15) is 4.98 Å². The zero-order chi connectivity index (χ0) is 10.2. The molecule has 1 rings (SSSR count). The fraction of sp³-hybridized carbons (Fsp3) is 0.200. The van der Waals surface area contributed by atoms with Gasteiger partial charge in [0.2, 0.25) is 9.08 Å². The van der Waals surface area contributed by atoms with Crippen molar-refractivity contribution in [2.24, 2.45) is 0 Å². The van der Waals surface area contributed by atoms with Crippen molar-refractivity contribution in [2.75, 3.05) is 5.73 Å². The van der Waals surface area contributed by atoms with Crippen LogP contribution in [0.5, 0.6) is 0 Å². The van der Waals surface area contributed by atoms with E-state index in [-0.39, 0.29) is 21.8 Å². The van der Waals surface area contributed by atoms with Gasteiger partial charge in [-0.25, -0.2) is 4.98 Å². The predicted octanol–water partition coefficient (Wildman–Crippen LogP) is 3.19. The zero-order valence-corrected chi connectivity index (χ0v) is 9.64. The molecule has 0 aromatic carbocycles. The highest BCUT2D eigenvalue weighted by molar-refractivity contribution is 6.67. The van der Waals surface area contributed by atoms with E-state index >= 15 is 0 Å². The maximum atomic E-state index is 5.69. The van der Waals surface area contributed by atoms with E-state index in [4.69, 9.17) is 63.7 Å². The van der Waals surface area contributed by atoms with Gasteiger partial charge in [0.05, 0.1) is 0 Å². The van der Waals surface area contributed by atoms with E-state index in [0.717, 1.165) is 0 Å². The van der Waals surface area contributed by atoms with Crippen molar-refractivity contribution in [3.63, 3.8) is 0 Å². The molecular weight excluding hydrogens is 279 g/mol. The molecule has 1 heterocycles. The summed E-state index contributed by atoms with van der Waals surface area (Å²) in [6, 6.07) is 0. The Morgan fingerprint density at radius 1 is 1.08 bits per heavy atom. The zero-order valence-electron chi connectivity index (χ0n) is 5.86. The normalized spacial score (nSPS) is 11.8. The van der Waals surface area contributed by atoms with Gasteiger partial charge in [0, 0.05) is 0 Å². The molecule has 0 saturated heterocycles. The molecule has 0 unspecified atom stereocenters. The molecule has 0 saturated carbocycles. The molecule has 13 heavy (non-hydrogen) atoms. The van der Waals surface area contributed by atoms with Crippen LogP contribution in [0.25, 0.3) is 0 Å². The Bertz CT molecular complexity index is 334. The Morgan fingerprint density at radius 3 is 2.08 bits per heavy atom. The van der Waals surface area contributed by atoms with E-state index in [1.165, 1.54) is 0 Å². The van der Waals surface area contributed by atoms with Crippen LogP contribution in [0.2, 0.25) is 10.3 Å². The molecule has 0 radical (unpaired) electrons. The fourth-order valence-corrected chi connectivity index (χ4v) is 1.58. The van der Waals surface area contributed by atoms with Crippen LogP contribution in [0.3, 0.4) is 0 Å². The molecule has 72 valence electrons. The first-order valence-corrected chi connectivity index (χ1v) is 4.77. The summed E-state index contributed by atoms with van der Waals surface area (Å²) < 4.78 is -1.77. The molecule has 2 N–H and O–H groups in total. The third kappa shape index (κ3) is 2.64. The summed E-state index contributed by atoms with van der Waals surface area (Å²) in [7, 11) is 0. The first-order chi connectivity index (χ1) is 5.82. The van der Waals surface area contributed by atoms with Gasteiger partial charge in [0.25, 0.3) is 0 Å². The SMILES string of the molecule is Nc1nc(Cl)nc(C(Cl)(Cl)Cl)c1Cl. The van der Waals surface area contributed by atoms with Gasteiger partial charge >= 0.3 is 0 Å². The summed E-state index contributed by atoms with van der Waals surface area (Å²) >= 11 is 27.8. The van der Waals surface area contributed by atoms with Gasteiger partial charge in [-0.3, -0.25) is 0 Å². The lowest BCUT2D eigenvalue weighted by molar-refractivity contribution is 1.04. The second kappa shape index (κ2) is 3.83. The Morgan fingerprint density at radius 2 is 1.62 bits per heavy atom. The smallest absolute Gasteiger partial charge is 0.234 e. The maximum absolute atomic E-state index is 5.69. The van der Waals surface area contributed by atoms with Crippen molar-refractivity contribution >= 4 is 63.8 Å². The van der Waals surface area contributed by atoms with Crippen molar-refractivity contribution in [2.45, 2.75) is 3.79 Å². The number of anilines is 1. The summed E-state index contributed by atoms with van der Waals surface area (Å²) in [4.78, 5) is 7.22. The predicted molar refractivity (Wildman–Crippen MR) is 55.7 cm³/mol. The number of aromatic nitrogens is 2. The molecule has 0 aliphatic heterocycles. The van der Waals surface area contributed by atoms with Crippen molar-refractivity contribution in [1.29, 1.82) is 0 Å². The average molecular weight is 281 g/mol. The molecule has 0 bridgehead atoms. The molecule has 0 fully saturated rings. The molecule has 0 aliphatic carbocycles. The molecule has 1 aromatic heterocycles. The van der Waals surface area contributed by atoms with Crippen LogP contribution in [-0.2, 0) is 3.79 Å². The second-order valence-corrected chi connectivity index (χ2v) is 5.04. The van der Waals surface area contributed by atoms with E-state index in [1.54, 1.807) is 0 Å². The Hall–Kier alpha value is 0.330. The quantitative estimate of drug-likeness (QED) is 0.587. The number of rotatable bonds is 0. The Kier molecular flexibility index (Phi) is 3.36. The third-order valence-corrected chi connectivity index (χ3v) is 2.20. The van der Waals surface area contributed by atoms with E-state index in [9.17, 15) is 0 Å². The second-order valence-electron chi connectivity index (χ2n) is 2.04. The molecule has 0 spiro atoms. The summed E-state index contributed by atoms with van der Waals surface area (Å²) in [5.74, 6) is -0.0250. The monoisotopic (exact) mass is 279 g/mol. The number of hydrogen-bond acceptors (Lipinski definition) is 3. The number of nitrogens with two attached hydrogens (primary N) is 1. The van der Waals surface area contributed by atoms with Crippen LogP contribution in [0.4, 0.5) is 5.82 Å². The summed E-state index contributed by atoms with van der Waals surface area (Å²) in [5.41, 5.74) is 5.34. The lowest BCUT2D eigenvalue weighted by Gasteiger charge is -2.12. The largest absolute Gasteiger partial charge is 0.382 e. The van der Waals surface area contributed by atoms with Gasteiger partial charge in [-0.05, 0) is 11.6 Å². The van der Waals surface area contributed by atoms with E-state index < -0.39 is 3.79 Å². The molecule has 0 aliphatic rings. The van der Waals surface area contributed by atoms with Gasteiger partial charge in [-0.1, -0.05) is 46.4 Å². The molecule has 3 nitrogen and oxygen atoms in total. The van der Waals surface area contributed by atoms with E-state index in [2.05, 4.69) is 9.97 Å². The first kappa shape index (κ1) is 11.4. The standard InChI is InChI=1S/C5H2Cl5N3/c6-1-2(5(8,9)10)12-4(7)13-3(1)11/h(H2,11,12,13). The highest BCUT2D eigenvalue weighted by Gasteiger charge is 2.29. The van der Waals surface area contributed by atoms with Crippen molar-refractivity contribution in [1.82, 2.24) is 9.97 Å². The Labute approximate surface area is 99.1 Å². The summed E-state index contributed by atoms with van der Waals surface area (Å²) in [5, 5.41) is -0.132. The first-order valence-electron chi connectivity index (χ1n) is 2.88. The average Bonchev–Trinajstić information content (AvgIpc) is 1.94. The highest BCUT2D eigenvalue weighted by atomic mass is 35.6. The third-order valence-electron chi connectivity index (χ3n) is 1.12. The number of halogens is 5. The van der Waals surface area contributed by atoms with Crippen LogP contribution in [0.1, 0.15) is 5.69 Å². The van der Waals surface area contributed by atoms with E-state index in [1.807, 2.05) is 0 Å². The van der Waals surface area contributed by atoms with Gasteiger partial charge in [0.15, 0.2) is 0 Å². The number of alkyl halides is 3. The lowest BCUT2D eigenvalue weighted by Crippen LogP contribution is -2.08.